The van der Waals surface area contributed by atoms with E-state index in [1.807, 2.05) is 20.8 Å². The van der Waals surface area contributed by atoms with Gasteiger partial charge in [0, 0.05) is 11.7 Å². The zero-order valence-electron chi connectivity index (χ0n) is 14.2. The maximum absolute atomic E-state index is 12.3. The smallest absolute Gasteiger partial charge is 0.272 e. The largest absolute Gasteiger partial charge is 0.357 e. The molecule has 0 spiro atoms. The Labute approximate surface area is 148 Å². The van der Waals surface area contributed by atoms with E-state index >= 15 is 0 Å². The average Bonchev–Trinajstić information content (AvgIpc) is 2.48. The highest BCUT2D eigenvalue weighted by Gasteiger charge is 2.14. The second-order valence-electron chi connectivity index (χ2n) is 6.19. The van der Waals surface area contributed by atoms with Crippen molar-refractivity contribution >= 4 is 35.0 Å². The van der Waals surface area contributed by atoms with Crippen LogP contribution in [-0.2, 0) is 0 Å². The monoisotopic (exact) mass is 354 g/mol. The van der Waals surface area contributed by atoms with Crippen molar-refractivity contribution < 1.29 is 4.79 Å². The van der Waals surface area contributed by atoms with Gasteiger partial charge in [-0.15, -0.1) is 11.8 Å². The van der Waals surface area contributed by atoms with Crippen LogP contribution < -0.4 is 16.2 Å². The van der Waals surface area contributed by atoms with E-state index in [4.69, 9.17) is 12.2 Å². The van der Waals surface area contributed by atoms with E-state index in [2.05, 4.69) is 28.1 Å². The van der Waals surface area contributed by atoms with E-state index in [-0.39, 0.29) is 11.4 Å². The number of thioether (sulfide) groups is 1. The zero-order chi connectivity index (χ0) is 17.3. The molecular formula is C16H26N4OS2. The maximum Gasteiger partial charge on any atom is 0.272 e. The van der Waals surface area contributed by atoms with Gasteiger partial charge in [-0.1, -0.05) is 19.8 Å². The molecule has 0 bridgehead atoms. The second-order valence-corrected chi connectivity index (χ2v) is 7.69. The van der Waals surface area contributed by atoms with Crippen LogP contribution in [0.25, 0.3) is 0 Å². The molecule has 0 radical (unpaired) electrons. The van der Waals surface area contributed by atoms with Crippen LogP contribution in [0, 0.1) is 0 Å². The van der Waals surface area contributed by atoms with Gasteiger partial charge < -0.3 is 5.32 Å². The van der Waals surface area contributed by atoms with Crippen LogP contribution in [0.5, 0.6) is 0 Å². The average molecular weight is 355 g/mol. The Morgan fingerprint density at radius 2 is 2.04 bits per heavy atom. The van der Waals surface area contributed by atoms with Gasteiger partial charge in [0.2, 0.25) is 0 Å². The first kappa shape index (κ1) is 19.7. The molecule has 0 aliphatic rings. The molecule has 1 aromatic heterocycles. The van der Waals surface area contributed by atoms with E-state index in [1.165, 1.54) is 12.8 Å². The van der Waals surface area contributed by atoms with E-state index in [0.29, 0.717) is 10.7 Å². The standard InChI is InChI=1S/C16H26N4OS2/c1-5-6-7-11-23-14-12(9-8-10-17-14)13(21)19-20-15(22)18-16(2,3)4/h8-10H,5-7,11H2,1-4H3,(H,19,21)(H2,18,20,22). The lowest BCUT2D eigenvalue weighted by Gasteiger charge is -2.23. The van der Waals surface area contributed by atoms with Gasteiger partial charge in [-0.3, -0.25) is 15.6 Å². The molecule has 0 unspecified atom stereocenters. The summed E-state index contributed by atoms with van der Waals surface area (Å²) in [6.45, 7) is 8.16. The summed E-state index contributed by atoms with van der Waals surface area (Å²) in [7, 11) is 0. The maximum atomic E-state index is 12.3. The lowest BCUT2D eigenvalue weighted by atomic mass is 10.1. The molecule has 0 aliphatic heterocycles. The zero-order valence-corrected chi connectivity index (χ0v) is 15.9. The molecule has 23 heavy (non-hydrogen) atoms. The number of hydrogen-bond acceptors (Lipinski definition) is 4. The molecular weight excluding hydrogens is 328 g/mol. The van der Waals surface area contributed by atoms with Crippen molar-refractivity contribution in [1.29, 1.82) is 0 Å². The molecule has 3 N–H and O–H groups in total. The molecule has 0 fully saturated rings. The number of nitrogens with one attached hydrogen (secondary N) is 3. The molecule has 1 amide bonds. The lowest BCUT2D eigenvalue weighted by Crippen LogP contribution is -2.52. The molecule has 1 rings (SSSR count). The number of amides is 1. The lowest BCUT2D eigenvalue weighted by molar-refractivity contribution is 0.0939. The van der Waals surface area contributed by atoms with Crippen molar-refractivity contribution in [3.8, 4) is 0 Å². The highest BCUT2D eigenvalue weighted by atomic mass is 32.2. The fourth-order valence-electron chi connectivity index (χ4n) is 1.75. The summed E-state index contributed by atoms with van der Waals surface area (Å²) in [4.78, 5) is 16.6. The summed E-state index contributed by atoms with van der Waals surface area (Å²) in [5, 5.41) is 4.20. The van der Waals surface area contributed by atoms with Crippen molar-refractivity contribution in [3.63, 3.8) is 0 Å². The molecule has 128 valence electrons. The molecule has 0 aliphatic carbocycles. The molecule has 0 aromatic carbocycles. The van der Waals surface area contributed by atoms with Crippen LogP contribution in [0.1, 0.15) is 57.3 Å². The Morgan fingerprint density at radius 3 is 2.70 bits per heavy atom. The number of rotatable bonds is 6. The van der Waals surface area contributed by atoms with Gasteiger partial charge in [0.1, 0.15) is 5.03 Å². The van der Waals surface area contributed by atoms with Gasteiger partial charge in [0.05, 0.1) is 5.56 Å². The quantitative estimate of drug-likeness (QED) is 0.315. The summed E-state index contributed by atoms with van der Waals surface area (Å²) in [6.07, 6.45) is 5.20. The Morgan fingerprint density at radius 1 is 1.30 bits per heavy atom. The first-order chi connectivity index (χ1) is 10.8. The van der Waals surface area contributed by atoms with Crippen molar-refractivity contribution in [1.82, 2.24) is 21.2 Å². The second kappa shape index (κ2) is 9.72. The number of thiocarbonyl (C=S) groups is 1. The summed E-state index contributed by atoms with van der Waals surface area (Å²) < 4.78 is 0. The third-order valence-corrected chi connectivity index (χ3v) is 4.08. The SMILES string of the molecule is CCCCCSc1ncccc1C(=O)NNC(=S)NC(C)(C)C. The van der Waals surface area contributed by atoms with Gasteiger partial charge in [0.25, 0.3) is 5.91 Å². The van der Waals surface area contributed by atoms with Crippen LogP contribution in [0.3, 0.4) is 0 Å². The highest BCUT2D eigenvalue weighted by molar-refractivity contribution is 7.99. The summed E-state index contributed by atoms with van der Waals surface area (Å²) in [6, 6.07) is 3.53. The Hall–Kier alpha value is -1.34. The van der Waals surface area contributed by atoms with Gasteiger partial charge in [-0.25, -0.2) is 4.98 Å². The molecule has 1 heterocycles. The summed E-state index contributed by atoms with van der Waals surface area (Å²) >= 11 is 6.76. The fourth-order valence-corrected chi connectivity index (χ4v) is 3.10. The molecule has 0 saturated carbocycles. The van der Waals surface area contributed by atoms with Crippen LogP contribution in [0.4, 0.5) is 0 Å². The van der Waals surface area contributed by atoms with Gasteiger partial charge >= 0.3 is 0 Å². The number of pyridine rings is 1. The van der Waals surface area contributed by atoms with Gasteiger partial charge in [0.15, 0.2) is 5.11 Å². The predicted octanol–water partition coefficient (Wildman–Crippen LogP) is 3.27. The predicted molar refractivity (Wildman–Crippen MR) is 101 cm³/mol. The fraction of sp³-hybridized carbons (Fsp3) is 0.562. The van der Waals surface area contributed by atoms with Crippen molar-refractivity contribution in [3.05, 3.63) is 23.9 Å². The van der Waals surface area contributed by atoms with E-state index < -0.39 is 0 Å². The van der Waals surface area contributed by atoms with Crippen LogP contribution >= 0.6 is 24.0 Å². The van der Waals surface area contributed by atoms with Crippen LogP contribution in [0.15, 0.2) is 23.4 Å². The number of aromatic nitrogens is 1. The Balaban J connectivity index is 2.57. The molecule has 7 heteroatoms. The molecule has 0 atom stereocenters. The van der Waals surface area contributed by atoms with Crippen molar-refractivity contribution in [2.24, 2.45) is 0 Å². The first-order valence-corrected chi connectivity index (χ1v) is 9.19. The third-order valence-electron chi connectivity index (χ3n) is 2.78. The molecule has 1 aromatic rings. The van der Waals surface area contributed by atoms with Crippen molar-refractivity contribution in [2.75, 3.05) is 5.75 Å². The topological polar surface area (TPSA) is 66.0 Å². The highest BCUT2D eigenvalue weighted by Crippen LogP contribution is 2.21. The first-order valence-electron chi connectivity index (χ1n) is 7.80. The third kappa shape index (κ3) is 8.18. The summed E-state index contributed by atoms with van der Waals surface area (Å²) in [5.74, 6) is 0.719. The van der Waals surface area contributed by atoms with Crippen LogP contribution in [0.2, 0.25) is 0 Å². The van der Waals surface area contributed by atoms with Gasteiger partial charge in [-0.05, 0) is 57.3 Å². The minimum absolute atomic E-state index is 0.163. The Kier molecular flexibility index (Phi) is 8.33. The molecule has 0 saturated heterocycles. The van der Waals surface area contributed by atoms with E-state index in [9.17, 15) is 4.79 Å². The van der Waals surface area contributed by atoms with E-state index in [1.54, 1.807) is 30.1 Å². The Bertz CT molecular complexity index is 529. The number of unbranched alkanes of at least 4 members (excludes halogenated alkanes) is 2. The van der Waals surface area contributed by atoms with Crippen molar-refractivity contribution in [2.45, 2.75) is 57.5 Å². The van der Waals surface area contributed by atoms with Crippen LogP contribution in [-0.4, -0.2) is 27.3 Å². The number of carbonyl (C=O) groups is 1. The molecule has 5 nitrogen and oxygen atoms in total. The minimum atomic E-state index is -0.242. The normalized spacial score (nSPS) is 11.0. The number of nitrogens with zero attached hydrogens (tertiary/aromatic N) is 1. The van der Waals surface area contributed by atoms with E-state index in [0.717, 1.165) is 17.2 Å². The minimum Gasteiger partial charge on any atom is -0.357 e. The summed E-state index contributed by atoms with van der Waals surface area (Å²) in [5.41, 5.74) is 5.73. The number of hydrazine groups is 1. The number of carbonyl (C=O) groups excluding carboxylic acids is 1. The number of hydrogen-bond donors (Lipinski definition) is 3. The van der Waals surface area contributed by atoms with Gasteiger partial charge in [-0.2, -0.15) is 0 Å².